The van der Waals surface area contributed by atoms with Gasteiger partial charge in [0.2, 0.25) is 0 Å². The molecule has 0 unspecified atom stereocenters. The fraction of sp³-hybridized carbons (Fsp3) is 0.733. The molecule has 118 valence electrons. The molecule has 0 aliphatic carbocycles. The molecule has 0 bridgehead atoms. The minimum Gasteiger partial charge on any atom is -0.383 e. The Morgan fingerprint density at radius 1 is 1.29 bits per heavy atom. The van der Waals surface area contributed by atoms with E-state index in [4.69, 9.17) is 4.74 Å². The first-order chi connectivity index (χ1) is 10.3. The maximum atomic E-state index is 12.1. The predicted molar refractivity (Wildman–Crippen MR) is 83.9 cm³/mol. The van der Waals surface area contributed by atoms with E-state index in [9.17, 15) is 4.79 Å². The second kappa shape index (κ2) is 8.79. The second-order valence-corrected chi connectivity index (χ2v) is 5.42. The van der Waals surface area contributed by atoms with Crippen molar-refractivity contribution in [2.24, 2.45) is 0 Å². The van der Waals surface area contributed by atoms with Crippen LogP contribution in [0.15, 0.2) is 17.1 Å². The van der Waals surface area contributed by atoms with Gasteiger partial charge < -0.3 is 15.0 Å². The summed E-state index contributed by atoms with van der Waals surface area (Å²) in [7, 11) is 1.69. The van der Waals surface area contributed by atoms with E-state index in [-0.39, 0.29) is 5.56 Å². The zero-order chi connectivity index (χ0) is 14.9. The predicted octanol–water partition coefficient (Wildman–Crippen LogP) is 0.860. The molecule has 1 N–H and O–H groups in total. The third-order valence-corrected chi connectivity index (χ3v) is 3.78. The Kier molecular flexibility index (Phi) is 6.69. The van der Waals surface area contributed by atoms with E-state index in [0.717, 1.165) is 38.3 Å². The average Bonchev–Trinajstić information content (AvgIpc) is 2.53. The Bertz CT molecular complexity index is 469. The highest BCUT2D eigenvalue weighted by Gasteiger charge is 2.12. The summed E-state index contributed by atoms with van der Waals surface area (Å²) in [5, 5.41) is 7.56. The van der Waals surface area contributed by atoms with Crippen molar-refractivity contribution in [3.8, 4) is 0 Å². The molecular weight excluding hydrogens is 268 g/mol. The SMILES string of the molecule is COCCNCCCn1ncc(N2CCCCC2)cc1=O. The summed E-state index contributed by atoms with van der Waals surface area (Å²) >= 11 is 0. The van der Waals surface area contributed by atoms with Crippen molar-refractivity contribution in [2.75, 3.05) is 44.8 Å². The van der Waals surface area contributed by atoms with E-state index in [2.05, 4.69) is 15.3 Å². The number of hydrogen-bond donors (Lipinski definition) is 1. The molecular formula is C15H26N4O2. The Morgan fingerprint density at radius 2 is 2.10 bits per heavy atom. The van der Waals surface area contributed by atoms with E-state index in [1.807, 2.05) is 6.20 Å². The van der Waals surface area contributed by atoms with Crippen LogP contribution in [0.5, 0.6) is 0 Å². The number of hydrogen-bond acceptors (Lipinski definition) is 5. The lowest BCUT2D eigenvalue weighted by Gasteiger charge is -2.28. The van der Waals surface area contributed by atoms with Crippen molar-refractivity contribution in [1.29, 1.82) is 0 Å². The van der Waals surface area contributed by atoms with Gasteiger partial charge in [-0.3, -0.25) is 4.79 Å². The molecule has 0 amide bonds. The van der Waals surface area contributed by atoms with E-state index in [0.29, 0.717) is 13.2 Å². The fourth-order valence-electron chi connectivity index (χ4n) is 2.57. The third kappa shape index (κ3) is 5.13. The van der Waals surface area contributed by atoms with Crippen molar-refractivity contribution < 1.29 is 4.74 Å². The number of rotatable bonds is 8. The molecule has 1 aromatic heterocycles. The summed E-state index contributed by atoms with van der Waals surface area (Å²) in [5.41, 5.74) is 0.962. The first-order valence-electron chi connectivity index (χ1n) is 7.83. The molecule has 1 saturated heterocycles. The van der Waals surface area contributed by atoms with Crippen LogP contribution in [0, 0.1) is 0 Å². The number of methoxy groups -OCH3 is 1. The molecule has 2 heterocycles. The van der Waals surface area contributed by atoms with E-state index in [1.54, 1.807) is 17.9 Å². The third-order valence-electron chi connectivity index (χ3n) is 3.78. The lowest BCUT2D eigenvalue weighted by atomic mass is 10.1. The number of ether oxygens (including phenoxy) is 1. The highest BCUT2D eigenvalue weighted by molar-refractivity contribution is 5.43. The normalized spacial score (nSPS) is 15.4. The van der Waals surface area contributed by atoms with Crippen molar-refractivity contribution in [1.82, 2.24) is 15.1 Å². The topological polar surface area (TPSA) is 59.4 Å². The van der Waals surface area contributed by atoms with Crippen molar-refractivity contribution >= 4 is 5.69 Å². The summed E-state index contributed by atoms with van der Waals surface area (Å²) in [6.07, 6.45) is 6.41. The van der Waals surface area contributed by atoms with E-state index < -0.39 is 0 Å². The Balaban J connectivity index is 1.80. The molecule has 0 radical (unpaired) electrons. The van der Waals surface area contributed by atoms with Gasteiger partial charge in [0.1, 0.15) is 0 Å². The highest BCUT2D eigenvalue weighted by Crippen LogP contribution is 2.16. The first-order valence-corrected chi connectivity index (χ1v) is 7.83. The molecule has 6 nitrogen and oxygen atoms in total. The summed E-state index contributed by atoms with van der Waals surface area (Å²) in [5.74, 6) is 0. The van der Waals surface area contributed by atoms with Crippen LogP contribution in [0.25, 0.3) is 0 Å². The molecule has 1 aromatic rings. The minimum absolute atomic E-state index is 0.00466. The smallest absolute Gasteiger partial charge is 0.268 e. The second-order valence-electron chi connectivity index (χ2n) is 5.42. The number of nitrogens with zero attached hydrogens (tertiary/aromatic N) is 3. The highest BCUT2D eigenvalue weighted by atomic mass is 16.5. The number of aryl methyl sites for hydroxylation is 1. The summed E-state index contributed by atoms with van der Waals surface area (Å²) in [6, 6.07) is 1.72. The molecule has 0 atom stereocenters. The minimum atomic E-state index is -0.00466. The number of anilines is 1. The van der Waals surface area contributed by atoms with Crippen molar-refractivity contribution in [3.63, 3.8) is 0 Å². The van der Waals surface area contributed by atoms with Crippen molar-refractivity contribution in [3.05, 3.63) is 22.6 Å². The monoisotopic (exact) mass is 294 g/mol. The van der Waals surface area contributed by atoms with Crippen LogP contribution in [0.2, 0.25) is 0 Å². The maximum absolute atomic E-state index is 12.1. The number of aromatic nitrogens is 2. The molecule has 1 aliphatic heterocycles. The number of piperidine rings is 1. The lowest BCUT2D eigenvalue weighted by Crippen LogP contribution is -2.32. The molecule has 0 spiro atoms. The molecule has 2 rings (SSSR count). The van der Waals surface area contributed by atoms with Gasteiger partial charge in [-0.1, -0.05) is 0 Å². The zero-order valence-electron chi connectivity index (χ0n) is 12.9. The first kappa shape index (κ1) is 16.0. The van der Waals surface area contributed by atoms with Crippen LogP contribution in [0.3, 0.4) is 0 Å². The molecule has 1 fully saturated rings. The van der Waals surface area contributed by atoms with E-state index >= 15 is 0 Å². The quantitative estimate of drug-likeness (QED) is 0.721. The molecule has 0 aromatic carbocycles. The average molecular weight is 294 g/mol. The van der Waals surface area contributed by atoms with Gasteiger partial charge >= 0.3 is 0 Å². The van der Waals surface area contributed by atoms with Gasteiger partial charge in [-0.25, -0.2) is 4.68 Å². The van der Waals surface area contributed by atoms with Crippen LogP contribution in [-0.4, -0.2) is 49.7 Å². The van der Waals surface area contributed by atoms with Crippen LogP contribution < -0.4 is 15.8 Å². The maximum Gasteiger partial charge on any atom is 0.268 e. The fourth-order valence-corrected chi connectivity index (χ4v) is 2.57. The Labute approximate surface area is 126 Å². The molecule has 0 saturated carbocycles. The molecule has 21 heavy (non-hydrogen) atoms. The zero-order valence-corrected chi connectivity index (χ0v) is 12.9. The van der Waals surface area contributed by atoms with Gasteiger partial charge in [0.25, 0.3) is 5.56 Å². The molecule has 6 heteroatoms. The van der Waals surface area contributed by atoms with Crippen LogP contribution in [0.4, 0.5) is 5.69 Å². The van der Waals surface area contributed by atoms with Gasteiger partial charge in [0.15, 0.2) is 0 Å². The number of nitrogens with one attached hydrogen (secondary N) is 1. The molecule has 1 aliphatic rings. The van der Waals surface area contributed by atoms with Crippen LogP contribution in [0.1, 0.15) is 25.7 Å². The van der Waals surface area contributed by atoms with Gasteiger partial charge in [0, 0.05) is 39.4 Å². The van der Waals surface area contributed by atoms with Crippen LogP contribution >= 0.6 is 0 Å². The van der Waals surface area contributed by atoms with Crippen LogP contribution in [-0.2, 0) is 11.3 Å². The Hall–Kier alpha value is -1.40. The van der Waals surface area contributed by atoms with Gasteiger partial charge in [0.05, 0.1) is 18.5 Å². The Morgan fingerprint density at radius 3 is 2.81 bits per heavy atom. The largest absolute Gasteiger partial charge is 0.383 e. The van der Waals surface area contributed by atoms with Crippen molar-refractivity contribution in [2.45, 2.75) is 32.2 Å². The van der Waals surface area contributed by atoms with E-state index in [1.165, 1.54) is 19.3 Å². The van der Waals surface area contributed by atoms with Gasteiger partial charge in [-0.2, -0.15) is 5.10 Å². The lowest BCUT2D eigenvalue weighted by molar-refractivity contribution is 0.199. The van der Waals surface area contributed by atoms with Gasteiger partial charge in [-0.05, 0) is 32.2 Å². The standard InChI is InChI=1S/C15H26N4O2/c1-21-11-7-16-6-5-10-19-15(20)12-14(13-17-19)18-8-3-2-4-9-18/h12-13,16H,2-11H2,1H3. The van der Waals surface area contributed by atoms with Gasteiger partial charge in [-0.15, -0.1) is 0 Å². The summed E-state index contributed by atoms with van der Waals surface area (Å²) in [6.45, 7) is 5.14. The summed E-state index contributed by atoms with van der Waals surface area (Å²) < 4.78 is 6.51. The summed E-state index contributed by atoms with van der Waals surface area (Å²) in [4.78, 5) is 14.3.